The molecule has 126 valence electrons. The van der Waals surface area contributed by atoms with Gasteiger partial charge in [0.1, 0.15) is 0 Å². The first-order chi connectivity index (χ1) is 11.3. The van der Waals surface area contributed by atoms with Crippen molar-refractivity contribution in [2.75, 3.05) is 0 Å². The molecule has 0 aliphatic carbocycles. The van der Waals surface area contributed by atoms with Crippen LogP contribution in [0.3, 0.4) is 0 Å². The maximum atomic E-state index is 6.25. The number of rotatable bonds is 4. The Morgan fingerprint density at radius 3 is 2.21 bits per heavy atom. The van der Waals surface area contributed by atoms with Crippen molar-refractivity contribution in [2.45, 2.75) is 44.2 Å². The first-order valence-corrected chi connectivity index (χ1v) is 10.5. The Morgan fingerprint density at radius 1 is 0.958 bits per heavy atom. The molecule has 2 aromatic carbocycles. The molecule has 5 heteroatoms. The fourth-order valence-electron chi connectivity index (χ4n) is 2.56. The van der Waals surface area contributed by atoms with Crippen molar-refractivity contribution in [1.82, 2.24) is 0 Å². The van der Waals surface area contributed by atoms with Crippen LogP contribution in [0.4, 0.5) is 0 Å². The molecule has 0 N–H and O–H groups in total. The van der Waals surface area contributed by atoms with Crippen LogP contribution in [0.15, 0.2) is 48.5 Å². The zero-order valence-corrected chi connectivity index (χ0v) is 17.0. The Morgan fingerprint density at radius 2 is 1.58 bits per heavy atom. The summed E-state index contributed by atoms with van der Waals surface area (Å²) in [7, 11) is -0.365. The minimum atomic E-state index is -0.365. The molecule has 1 aliphatic heterocycles. The van der Waals surface area contributed by atoms with Gasteiger partial charge < -0.3 is 0 Å². The van der Waals surface area contributed by atoms with Gasteiger partial charge in [-0.15, -0.1) is 0 Å². The Bertz CT molecular complexity index is 703. The van der Waals surface area contributed by atoms with Gasteiger partial charge in [-0.25, -0.2) is 0 Å². The summed E-state index contributed by atoms with van der Waals surface area (Å²) in [5.74, 6) is 0. The summed E-state index contributed by atoms with van der Waals surface area (Å²) in [6.45, 7) is 8.30. The topological polar surface area (TPSA) is 18.5 Å². The van der Waals surface area contributed by atoms with Gasteiger partial charge in [0, 0.05) is 0 Å². The minimum absolute atomic E-state index is 0.345. The first-order valence-electron chi connectivity index (χ1n) is 8.10. The normalized spacial score (nSPS) is 18.8. The Balaban J connectivity index is 1.84. The molecule has 0 aromatic heterocycles. The van der Waals surface area contributed by atoms with E-state index in [1.807, 2.05) is 12.1 Å². The van der Waals surface area contributed by atoms with E-state index in [9.17, 15) is 0 Å². The second-order valence-electron chi connectivity index (χ2n) is 7.03. The number of halogens is 1. The third-order valence-corrected chi connectivity index (χ3v) is 7.21. The second-order valence-corrected chi connectivity index (χ2v) is 9.67. The summed E-state index contributed by atoms with van der Waals surface area (Å²) < 4.78 is 13.8. The number of hydrogen-bond acceptors (Lipinski definition) is 2. The molecular weight excluding hydrogens is 385 g/mol. The molecule has 2 aromatic rings. The SMILES string of the molecule is CC1(C)OB(c2cc(Cl)ccc2C[Se]c2ccccc2)OC1(C)C. The van der Waals surface area contributed by atoms with Crippen molar-refractivity contribution < 1.29 is 9.31 Å². The van der Waals surface area contributed by atoms with Gasteiger partial charge >= 0.3 is 156 Å². The van der Waals surface area contributed by atoms with Gasteiger partial charge in [0.25, 0.3) is 0 Å². The fraction of sp³-hybridized carbons (Fsp3) is 0.368. The van der Waals surface area contributed by atoms with Crippen LogP contribution in [0.5, 0.6) is 0 Å². The second kappa shape index (κ2) is 6.86. The third kappa shape index (κ3) is 3.74. The summed E-state index contributed by atoms with van der Waals surface area (Å²) in [5.41, 5.74) is 1.62. The van der Waals surface area contributed by atoms with Crippen LogP contribution >= 0.6 is 11.6 Å². The van der Waals surface area contributed by atoms with Gasteiger partial charge in [-0.3, -0.25) is 0 Å². The summed E-state index contributed by atoms with van der Waals surface area (Å²) in [4.78, 5) is 0. The van der Waals surface area contributed by atoms with Crippen molar-refractivity contribution in [2.24, 2.45) is 0 Å². The van der Waals surface area contributed by atoms with Crippen molar-refractivity contribution in [3.63, 3.8) is 0 Å². The Kier molecular flexibility index (Phi) is 5.15. The van der Waals surface area contributed by atoms with E-state index in [1.165, 1.54) is 10.0 Å². The van der Waals surface area contributed by atoms with Gasteiger partial charge in [-0.05, 0) is 0 Å². The van der Waals surface area contributed by atoms with Crippen molar-refractivity contribution in [3.8, 4) is 0 Å². The van der Waals surface area contributed by atoms with Crippen LogP contribution in [0.25, 0.3) is 0 Å². The Labute approximate surface area is 156 Å². The molecule has 3 rings (SSSR count). The van der Waals surface area contributed by atoms with Crippen LogP contribution in [-0.4, -0.2) is 33.3 Å². The van der Waals surface area contributed by atoms with E-state index >= 15 is 0 Å². The molecule has 1 aliphatic rings. The van der Waals surface area contributed by atoms with Crippen LogP contribution in [0.1, 0.15) is 33.3 Å². The predicted octanol–water partition coefficient (Wildman–Crippen LogP) is 3.17. The van der Waals surface area contributed by atoms with Gasteiger partial charge in [-0.2, -0.15) is 0 Å². The zero-order chi connectivity index (χ0) is 17.4. The quantitative estimate of drug-likeness (QED) is 0.725. The molecule has 2 nitrogen and oxygen atoms in total. The summed E-state index contributed by atoms with van der Waals surface area (Å²) in [5, 5.41) is 1.71. The summed E-state index contributed by atoms with van der Waals surface area (Å²) >= 11 is 6.62. The maximum absolute atomic E-state index is 6.25. The third-order valence-electron chi connectivity index (χ3n) is 4.75. The molecule has 1 saturated heterocycles. The summed E-state index contributed by atoms with van der Waals surface area (Å²) in [6, 6.07) is 16.6. The average molecular weight is 408 g/mol. The molecule has 0 atom stereocenters. The van der Waals surface area contributed by atoms with Crippen LogP contribution < -0.4 is 9.92 Å². The molecule has 0 unspecified atom stereocenters. The van der Waals surface area contributed by atoms with Crippen LogP contribution in [-0.2, 0) is 14.6 Å². The monoisotopic (exact) mass is 408 g/mol. The van der Waals surface area contributed by atoms with E-state index in [0.717, 1.165) is 15.8 Å². The summed E-state index contributed by atoms with van der Waals surface area (Å²) in [6.07, 6.45) is 0. The van der Waals surface area contributed by atoms with E-state index in [4.69, 9.17) is 20.9 Å². The standard InChI is InChI=1S/C19H22BClO2Se/c1-18(2)19(3,4)23-20(22-18)17-12-15(21)11-10-14(17)13-24-16-8-6-5-7-9-16/h5-12H,13H2,1-4H3. The molecule has 0 amide bonds. The molecular formula is C19H22BClO2Se. The first kappa shape index (κ1) is 18.0. The van der Waals surface area contributed by atoms with Gasteiger partial charge in [-0.1, -0.05) is 0 Å². The fourth-order valence-corrected chi connectivity index (χ4v) is 4.71. The van der Waals surface area contributed by atoms with Gasteiger partial charge in [0.05, 0.1) is 0 Å². The van der Waals surface area contributed by atoms with Gasteiger partial charge in [0.15, 0.2) is 0 Å². The molecule has 0 saturated carbocycles. The molecule has 1 heterocycles. The molecule has 24 heavy (non-hydrogen) atoms. The van der Waals surface area contributed by atoms with E-state index in [2.05, 4.69) is 64.1 Å². The van der Waals surface area contributed by atoms with Crippen molar-refractivity contribution in [1.29, 1.82) is 0 Å². The number of benzene rings is 2. The van der Waals surface area contributed by atoms with E-state index in [1.54, 1.807) is 0 Å². The van der Waals surface area contributed by atoms with Crippen molar-refractivity contribution in [3.05, 3.63) is 59.1 Å². The molecule has 0 radical (unpaired) electrons. The van der Waals surface area contributed by atoms with Crippen molar-refractivity contribution >= 4 is 43.6 Å². The number of hydrogen-bond donors (Lipinski definition) is 0. The molecule has 1 fully saturated rings. The van der Waals surface area contributed by atoms with E-state index < -0.39 is 0 Å². The predicted molar refractivity (Wildman–Crippen MR) is 103 cm³/mol. The van der Waals surface area contributed by atoms with E-state index in [-0.39, 0.29) is 18.3 Å². The van der Waals surface area contributed by atoms with Gasteiger partial charge in [0.2, 0.25) is 0 Å². The van der Waals surface area contributed by atoms with E-state index in [0.29, 0.717) is 15.0 Å². The Hall–Kier alpha value is -0.766. The van der Waals surface area contributed by atoms with Crippen LogP contribution in [0.2, 0.25) is 5.02 Å². The zero-order valence-electron chi connectivity index (χ0n) is 14.5. The molecule has 0 bridgehead atoms. The van der Waals surface area contributed by atoms with Crippen LogP contribution in [0, 0.1) is 0 Å². The average Bonchev–Trinajstić information content (AvgIpc) is 2.75. The molecule has 0 spiro atoms.